The number of hydrogen-bond acceptors (Lipinski definition) is 4. The highest BCUT2D eigenvalue weighted by Crippen LogP contribution is 2.25. The fraction of sp³-hybridized carbons (Fsp3) is 0.600. The average molecular weight is 377 g/mol. The number of likely N-dealkylation sites (N-methyl/N-ethyl adjacent to an activating group) is 1. The Morgan fingerprint density at radius 1 is 1.33 bits per heavy atom. The van der Waals surface area contributed by atoms with Crippen molar-refractivity contribution in [2.24, 2.45) is 5.92 Å². The first-order chi connectivity index (χ1) is 12.9. The molecular formula is C20H31N3O4. The number of ether oxygens (including phenoxy) is 1. The van der Waals surface area contributed by atoms with Crippen molar-refractivity contribution < 1.29 is 19.4 Å². The summed E-state index contributed by atoms with van der Waals surface area (Å²) in [4.78, 5) is 24.9. The Hall–Kier alpha value is -2.28. The maximum Gasteiger partial charge on any atom is 0.317 e. The van der Waals surface area contributed by atoms with Gasteiger partial charge in [0, 0.05) is 18.6 Å². The molecule has 0 aromatic heterocycles. The number of amides is 2. The van der Waals surface area contributed by atoms with Crippen LogP contribution in [0.2, 0.25) is 0 Å². The van der Waals surface area contributed by atoms with Crippen LogP contribution in [0.15, 0.2) is 24.3 Å². The van der Waals surface area contributed by atoms with E-state index < -0.39 is 5.97 Å². The Labute approximate surface area is 161 Å². The lowest BCUT2D eigenvalue weighted by molar-refractivity contribution is -0.139. The monoisotopic (exact) mass is 377 g/mol. The summed E-state index contributed by atoms with van der Waals surface area (Å²) in [6.45, 7) is 8.00. The molecule has 7 heteroatoms. The molecule has 1 aliphatic rings. The summed E-state index contributed by atoms with van der Waals surface area (Å²) >= 11 is 0. The van der Waals surface area contributed by atoms with E-state index >= 15 is 0 Å². The van der Waals surface area contributed by atoms with Gasteiger partial charge in [0.2, 0.25) is 0 Å². The topological polar surface area (TPSA) is 90.9 Å². The van der Waals surface area contributed by atoms with Gasteiger partial charge < -0.3 is 20.5 Å². The molecule has 0 spiro atoms. The standard InChI is InChI=1S/C20H31N3O4/c1-4-23(12-19(24)25)17-9-16(10-17)22-20(26)21-11-15-6-5-7-18(8-15)27-13-14(2)3/h5-8,14,16-17H,4,9-13H2,1-3H3,(H,24,25)(H2,21,22,26). The van der Waals surface area contributed by atoms with Gasteiger partial charge in [0.05, 0.1) is 13.2 Å². The van der Waals surface area contributed by atoms with Crippen molar-refractivity contribution in [3.8, 4) is 5.75 Å². The Morgan fingerprint density at radius 3 is 2.70 bits per heavy atom. The minimum absolute atomic E-state index is 0.0509. The molecule has 0 bridgehead atoms. The predicted octanol–water partition coefficient (Wildman–Crippen LogP) is 2.46. The molecular weight excluding hydrogens is 346 g/mol. The minimum Gasteiger partial charge on any atom is -0.493 e. The lowest BCUT2D eigenvalue weighted by atomic mass is 9.85. The van der Waals surface area contributed by atoms with Crippen LogP contribution < -0.4 is 15.4 Å². The van der Waals surface area contributed by atoms with Crippen molar-refractivity contribution in [1.82, 2.24) is 15.5 Å². The van der Waals surface area contributed by atoms with E-state index in [0.29, 0.717) is 25.6 Å². The number of carbonyl (C=O) groups is 2. The Kier molecular flexibility index (Phi) is 7.91. The van der Waals surface area contributed by atoms with E-state index in [-0.39, 0.29) is 24.7 Å². The summed E-state index contributed by atoms with van der Waals surface area (Å²) in [6.07, 6.45) is 1.57. The van der Waals surface area contributed by atoms with E-state index in [1.165, 1.54) is 0 Å². The molecule has 0 saturated heterocycles. The van der Waals surface area contributed by atoms with Gasteiger partial charge in [0.1, 0.15) is 5.75 Å². The van der Waals surface area contributed by atoms with Crippen LogP contribution in [0.3, 0.4) is 0 Å². The highest BCUT2D eigenvalue weighted by atomic mass is 16.5. The SMILES string of the molecule is CCN(CC(=O)O)C1CC(NC(=O)NCc2cccc(OCC(C)C)c2)C1. The summed E-state index contributed by atoms with van der Waals surface area (Å²) in [5.74, 6) is 0.455. The third-order valence-electron chi connectivity index (χ3n) is 4.64. The van der Waals surface area contributed by atoms with Crippen LogP contribution in [0.4, 0.5) is 4.79 Å². The van der Waals surface area contributed by atoms with Crippen molar-refractivity contribution >= 4 is 12.0 Å². The number of nitrogens with one attached hydrogen (secondary N) is 2. The fourth-order valence-electron chi connectivity index (χ4n) is 3.10. The summed E-state index contributed by atoms with van der Waals surface area (Å²) in [6, 6.07) is 7.85. The second kappa shape index (κ2) is 10.2. The lowest BCUT2D eigenvalue weighted by Crippen LogP contribution is -2.56. The van der Waals surface area contributed by atoms with Gasteiger partial charge in [-0.15, -0.1) is 0 Å². The first kappa shape index (κ1) is 21.0. The second-order valence-corrected chi connectivity index (χ2v) is 7.46. The molecule has 2 amide bonds. The first-order valence-corrected chi connectivity index (χ1v) is 9.59. The molecule has 27 heavy (non-hydrogen) atoms. The van der Waals surface area contributed by atoms with Crippen LogP contribution in [0, 0.1) is 5.92 Å². The van der Waals surface area contributed by atoms with Gasteiger partial charge in [-0.3, -0.25) is 9.69 Å². The van der Waals surface area contributed by atoms with Crippen LogP contribution in [-0.4, -0.2) is 53.8 Å². The predicted molar refractivity (Wildman–Crippen MR) is 104 cm³/mol. The van der Waals surface area contributed by atoms with Crippen LogP contribution in [0.5, 0.6) is 5.75 Å². The van der Waals surface area contributed by atoms with Crippen molar-refractivity contribution in [2.75, 3.05) is 19.7 Å². The number of carboxylic acid groups (broad SMARTS) is 1. The van der Waals surface area contributed by atoms with E-state index in [1.807, 2.05) is 36.1 Å². The molecule has 1 aromatic rings. The van der Waals surface area contributed by atoms with Gasteiger partial charge in [-0.25, -0.2) is 4.79 Å². The number of hydrogen-bond donors (Lipinski definition) is 3. The number of benzene rings is 1. The van der Waals surface area contributed by atoms with Gasteiger partial charge >= 0.3 is 12.0 Å². The maximum absolute atomic E-state index is 12.1. The Morgan fingerprint density at radius 2 is 2.07 bits per heavy atom. The van der Waals surface area contributed by atoms with E-state index in [0.717, 1.165) is 24.2 Å². The summed E-state index contributed by atoms with van der Waals surface area (Å²) < 4.78 is 5.70. The first-order valence-electron chi connectivity index (χ1n) is 9.59. The molecule has 0 heterocycles. The molecule has 1 aromatic carbocycles. The van der Waals surface area contributed by atoms with Crippen molar-refractivity contribution in [2.45, 2.75) is 52.2 Å². The molecule has 1 aliphatic carbocycles. The molecule has 7 nitrogen and oxygen atoms in total. The highest BCUT2D eigenvalue weighted by Gasteiger charge is 2.34. The van der Waals surface area contributed by atoms with Crippen molar-refractivity contribution in [3.63, 3.8) is 0 Å². The van der Waals surface area contributed by atoms with Gasteiger partial charge in [0.25, 0.3) is 0 Å². The van der Waals surface area contributed by atoms with E-state index in [4.69, 9.17) is 9.84 Å². The van der Waals surface area contributed by atoms with Gasteiger partial charge in [-0.2, -0.15) is 0 Å². The average Bonchev–Trinajstić information content (AvgIpc) is 2.59. The molecule has 2 rings (SSSR count). The van der Waals surface area contributed by atoms with Crippen LogP contribution in [-0.2, 0) is 11.3 Å². The summed E-state index contributed by atoms with van der Waals surface area (Å²) in [5, 5.41) is 14.7. The van der Waals surface area contributed by atoms with E-state index in [2.05, 4.69) is 24.5 Å². The zero-order chi connectivity index (χ0) is 19.8. The number of aliphatic carboxylic acids is 1. The van der Waals surface area contributed by atoms with E-state index in [1.54, 1.807) is 0 Å². The smallest absolute Gasteiger partial charge is 0.317 e. The molecule has 0 aliphatic heterocycles. The molecule has 0 atom stereocenters. The Bertz CT molecular complexity index is 629. The quantitative estimate of drug-likeness (QED) is 0.583. The largest absolute Gasteiger partial charge is 0.493 e. The third kappa shape index (κ3) is 7.09. The van der Waals surface area contributed by atoms with Crippen molar-refractivity contribution in [1.29, 1.82) is 0 Å². The third-order valence-corrected chi connectivity index (χ3v) is 4.64. The number of nitrogens with zero attached hydrogens (tertiary/aromatic N) is 1. The van der Waals surface area contributed by atoms with Crippen LogP contribution >= 0.6 is 0 Å². The van der Waals surface area contributed by atoms with Crippen LogP contribution in [0.1, 0.15) is 39.2 Å². The number of urea groups is 1. The second-order valence-electron chi connectivity index (χ2n) is 7.46. The highest BCUT2D eigenvalue weighted by molar-refractivity contribution is 5.74. The fourth-order valence-corrected chi connectivity index (χ4v) is 3.10. The lowest BCUT2D eigenvalue weighted by Gasteiger charge is -2.42. The normalized spacial score (nSPS) is 18.9. The maximum atomic E-state index is 12.1. The van der Waals surface area contributed by atoms with Gasteiger partial charge in [-0.05, 0) is 43.0 Å². The molecule has 150 valence electrons. The van der Waals surface area contributed by atoms with E-state index in [9.17, 15) is 9.59 Å². The number of carbonyl (C=O) groups excluding carboxylic acids is 1. The molecule has 1 saturated carbocycles. The molecule has 0 unspecified atom stereocenters. The zero-order valence-corrected chi connectivity index (χ0v) is 16.4. The molecule has 3 N–H and O–H groups in total. The molecule has 0 radical (unpaired) electrons. The van der Waals surface area contributed by atoms with Crippen molar-refractivity contribution in [3.05, 3.63) is 29.8 Å². The number of rotatable bonds is 10. The zero-order valence-electron chi connectivity index (χ0n) is 16.4. The van der Waals surface area contributed by atoms with Gasteiger partial charge in [0.15, 0.2) is 0 Å². The molecule has 1 fully saturated rings. The van der Waals surface area contributed by atoms with Gasteiger partial charge in [-0.1, -0.05) is 32.9 Å². The minimum atomic E-state index is -0.814. The Balaban J connectivity index is 1.70. The number of carboxylic acids is 1. The summed E-state index contributed by atoms with van der Waals surface area (Å²) in [7, 11) is 0. The summed E-state index contributed by atoms with van der Waals surface area (Å²) in [5.41, 5.74) is 0.983. The van der Waals surface area contributed by atoms with Crippen LogP contribution in [0.25, 0.3) is 0 Å².